The molecule has 0 atom stereocenters. The van der Waals surface area contributed by atoms with E-state index in [4.69, 9.17) is 21.3 Å². The predicted octanol–water partition coefficient (Wildman–Crippen LogP) is 2.64. The number of carbonyl (C=O) groups is 1. The van der Waals surface area contributed by atoms with Crippen LogP contribution in [0.5, 0.6) is 0 Å². The highest BCUT2D eigenvalue weighted by atomic mass is 35.5. The predicted molar refractivity (Wildman–Crippen MR) is 66.7 cm³/mol. The lowest BCUT2D eigenvalue weighted by atomic mass is 10.00. The number of methoxy groups -OCH3 is 2. The van der Waals surface area contributed by atoms with Gasteiger partial charge in [-0.2, -0.15) is 0 Å². The molecule has 17 heavy (non-hydrogen) atoms. The highest BCUT2D eigenvalue weighted by Gasteiger charge is 2.15. The highest BCUT2D eigenvalue weighted by molar-refractivity contribution is 6.21. The Morgan fingerprint density at radius 1 is 1.12 bits per heavy atom. The summed E-state index contributed by atoms with van der Waals surface area (Å²) in [6.07, 6.45) is 0. The largest absolute Gasteiger partial charge is 0.480 e. The van der Waals surface area contributed by atoms with Crippen molar-refractivity contribution in [3.05, 3.63) is 34.4 Å². The molecule has 0 aromatic heterocycles. The van der Waals surface area contributed by atoms with Gasteiger partial charge in [-0.05, 0) is 31.0 Å². The van der Waals surface area contributed by atoms with Gasteiger partial charge in [-0.3, -0.25) is 0 Å². The molecular weight excluding hydrogens is 242 g/mol. The van der Waals surface area contributed by atoms with Crippen molar-refractivity contribution in [2.24, 2.45) is 4.51 Å². The summed E-state index contributed by atoms with van der Waals surface area (Å²) in [5.41, 5.74) is 2.91. The molecule has 0 saturated carbocycles. The number of hydrogen-bond donors (Lipinski definition) is 0. The summed E-state index contributed by atoms with van der Waals surface area (Å²) in [5.74, 6) is -0.122. The van der Waals surface area contributed by atoms with Crippen LogP contribution >= 0.6 is 11.8 Å². The fraction of sp³-hybridized carbons (Fsp3) is 0.333. The van der Waals surface area contributed by atoms with E-state index in [-0.39, 0.29) is 5.90 Å². The average Bonchev–Trinajstić information content (AvgIpc) is 2.32. The first-order valence-electron chi connectivity index (χ1n) is 4.98. The minimum absolute atomic E-state index is 0.273. The Hall–Kier alpha value is -1.55. The standard InChI is InChI=1S/C12H14ClNO3/c1-7-5-8(2)10(12(15)17-4)6-9(7)11(14-13)16-3/h5-6H,1-4H3. The van der Waals surface area contributed by atoms with Gasteiger partial charge in [0.1, 0.15) is 0 Å². The smallest absolute Gasteiger partial charge is 0.338 e. The van der Waals surface area contributed by atoms with Gasteiger partial charge in [0.2, 0.25) is 5.90 Å². The summed E-state index contributed by atoms with van der Waals surface area (Å²) in [6, 6.07) is 3.53. The number of hydrogen-bond acceptors (Lipinski definition) is 4. The van der Waals surface area contributed by atoms with Gasteiger partial charge in [0, 0.05) is 17.3 Å². The molecule has 4 nitrogen and oxygen atoms in total. The van der Waals surface area contributed by atoms with Crippen LogP contribution in [0.1, 0.15) is 27.0 Å². The van der Waals surface area contributed by atoms with Crippen LogP contribution in [0.15, 0.2) is 16.6 Å². The van der Waals surface area contributed by atoms with Crippen molar-refractivity contribution in [1.29, 1.82) is 0 Å². The van der Waals surface area contributed by atoms with Crippen molar-refractivity contribution in [3.63, 3.8) is 0 Å². The zero-order chi connectivity index (χ0) is 13.0. The third kappa shape index (κ3) is 2.77. The molecule has 0 N–H and O–H groups in total. The lowest BCUT2D eigenvalue weighted by Gasteiger charge is -2.11. The molecular formula is C12H14ClNO3. The van der Waals surface area contributed by atoms with Crippen molar-refractivity contribution in [1.82, 2.24) is 0 Å². The highest BCUT2D eigenvalue weighted by Crippen LogP contribution is 2.18. The quantitative estimate of drug-likeness (QED) is 0.464. The van der Waals surface area contributed by atoms with Crippen LogP contribution in [0.3, 0.4) is 0 Å². The van der Waals surface area contributed by atoms with Gasteiger partial charge in [-0.1, -0.05) is 6.07 Å². The summed E-state index contributed by atoms with van der Waals surface area (Å²) >= 11 is 5.43. The van der Waals surface area contributed by atoms with Crippen LogP contribution in [0.25, 0.3) is 0 Å². The Balaban J connectivity index is 3.38. The average molecular weight is 256 g/mol. The third-order valence-electron chi connectivity index (χ3n) is 2.48. The number of aryl methyl sites for hydroxylation is 2. The van der Waals surface area contributed by atoms with Crippen molar-refractivity contribution < 1.29 is 14.3 Å². The molecule has 0 aliphatic rings. The molecule has 0 aliphatic heterocycles. The molecule has 1 rings (SSSR count). The fourth-order valence-corrected chi connectivity index (χ4v) is 1.76. The summed E-state index contributed by atoms with van der Waals surface area (Å²) in [5, 5.41) is 0. The molecule has 0 saturated heterocycles. The molecule has 1 aromatic carbocycles. The Bertz CT molecular complexity index is 469. The van der Waals surface area contributed by atoms with Crippen molar-refractivity contribution in [2.45, 2.75) is 13.8 Å². The normalized spacial score (nSPS) is 11.2. The van der Waals surface area contributed by atoms with Crippen LogP contribution in [-0.2, 0) is 9.47 Å². The molecule has 0 fully saturated rings. The van der Waals surface area contributed by atoms with Gasteiger partial charge < -0.3 is 9.47 Å². The second kappa shape index (κ2) is 5.68. The third-order valence-corrected chi connectivity index (χ3v) is 2.63. The SMILES string of the molecule is COC(=O)c1cc(C(=NCl)OC)c(C)cc1C. The minimum Gasteiger partial charge on any atom is -0.480 e. The van der Waals surface area contributed by atoms with E-state index in [0.29, 0.717) is 11.1 Å². The van der Waals surface area contributed by atoms with Gasteiger partial charge >= 0.3 is 5.97 Å². The summed E-state index contributed by atoms with van der Waals surface area (Å²) in [4.78, 5) is 11.6. The van der Waals surface area contributed by atoms with E-state index >= 15 is 0 Å². The molecule has 0 aliphatic carbocycles. The molecule has 1 aromatic rings. The summed E-state index contributed by atoms with van der Waals surface area (Å²) in [6.45, 7) is 3.73. The molecule has 0 bridgehead atoms. The maximum Gasteiger partial charge on any atom is 0.338 e. The van der Waals surface area contributed by atoms with E-state index in [1.54, 1.807) is 6.07 Å². The lowest BCUT2D eigenvalue weighted by molar-refractivity contribution is 0.0600. The maximum atomic E-state index is 11.6. The minimum atomic E-state index is -0.395. The first-order valence-corrected chi connectivity index (χ1v) is 5.31. The van der Waals surface area contributed by atoms with Gasteiger partial charge in [0.15, 0.2) is 0 Å². The molecule has 0 unspecified atom stereocenters. The maximum absolute atomic E-state index is 11.6. The summed E-state index contributed by atoms with van der Waals surface area (Å²) < 4.78 is 13.3. The van der Waals surface area contributed by atoms with E-state index in [1.807, 2.05) is 19.9 Å². The van der Waals surface area contributed by atoms with E-state index < -0.39 is 5.97 Å². The molecule has 5 heteroatoms. The van der Waals surface area contributed by atoms with Crippen LogP contribution in [0, 0.1) is 13.8 Å². The van der Waals surface area contributed by atoms with Gasteiger partial charge in [-0.25, -0.2) is 4.79 Å². The Kier molecular flexibility index (Phi) is 4.52. The molecule has 0 heterocycles. The van der Waals surface area contributed by atoms with Crippen LogP contribution < -0.4 is 0 Å². The van der Waals surface area contributed by atoms with Crippen molar-refractivity contribution in [2.75, 3.05) is 14.2 Å². The second-order valence-corrected chi connectivity index (χ2v) is 3.74. The van der Waals surface area contributed by atoms with Crippen LogP contribution in [0.2, 0.25) is 0 Å². The number of rotatable bonds is 2. The Morgan fingerprint density at radius 2 is 1.71 bits per heavy atom. The van der Waals surface area contributed by atoms with Gasteiger partial charge in [-0.15, -0.1) is 4.51 Å². The monoisotopic (exact) mass is 255 g/mol. The summed E-state index contributed by atoms with van der Waals surface area (Å²) in [7, 11) is 2.81. The molecule has 0 amide bonds. The second-order valence-electron chi connectivity index (χ2n) is 3.57. The van der Waals surface area contributed by atoms with Crippen LogP contribution in [-0.4, -0.2) is 26.1 Å². The lowest BCUT2D eigenvalue weighted by Crippen LogP contribution is -2.10. The number of ether oxygens (including phenoxy) is 2. The number of carbonyl (C=O) groups excluding carboxylic acids is 1. The zero-order valence-corrected chi connectivity index (χ0v) is 11.0. The van der Waals surface area contributed by atoms with Gasteiger partial charge in [0.05, 0.1) is 19.8 Å². The molecule has 0 radical (unpaired) electrons. The van der Waals surface area contributed by atoms with E-state index in [0.717, 1.165) is 11.1 Å². The van der Waals surface area contributed by atoms with E-state index in [1.165, 1.54) is 14.2 Å². The molecule has 0 spiro atoms. The van der Waals surface area contributed by atoms with Crippen molar-refractivity contribution in [3.8, 4) is 0 Å². The van der Waals surface area contributed by atoms with E-state index in [2.05, 4.69) is 4.51 Å². The number of esters is 1. The zero-order valence-electron chi connectivity index (χ0n) is 10.2. The first-order chi connectivity index (χ1) is 8.04. The number of benzene rings is 1. The van der Waals surface area contributed by atoms with Crippen molar-refractivity contribution >= 4 is 23.6 Å². The first kappa shape index (κ1) is 13.5. The van der Waals surface area contributed by atoms with Crippen LogP contribution in [0.4, 0.5) is 0 Å². The Labute approximate surface area is 105 Å². The molecule has 92 valence electrons. The van der Waals surface area contributed by atoms with E-state index in [9.17, 15) is 4.79 Å². The number of halogens is 1. The Morgan fingerprint density at radius 3 is 2.18 bits per heavy atom. The topological polar surface area (TPSA) is 47.9 Å². The fourth-order valence-electron chi connectivity index (χ4n) is 1.60. The number of nitrogens with zero attached hydrogens (tertiary/aromatic N) is 1. The van der Waals surface area contributed by atoms with Gasteiger partial charge in [0.25, 0.3) is 0 Å².